The van der Waals surface area contributed by atoms with Crippen LogP contribution in [0.25, 0.3) is 10.9 Å². The number of hydrogen-bond acceptors (Lipinski definition) is 6. The summed E-state index contributed by atoms with van der Waals surface area (Å²) in [7, 11) is -8.63. The van der Waals surface area contributed by atoms with E-state index in [9.17, 15) is 21.2 Å². The molecule has 0 spiro atoms. The molecule has 2 aromatic rings. The molecule has 142 valence electrons. The summed E-state index contributed by atoms with van der Waals surface area (Å²) < 4.78 is 65.5. The molecule has 0 amide bonds. The molecule has 26 heavy (non-hydrogen) atoms. The van der Waals surface area contributed by atoms with Gasteiger partial charge in [0, 0.05) is 15.6 Å². The second-order valence-corrected chi connectivity index (χ2v) is 10.2. The van der Waals surface area contributed by atoms with Gasteiger partial charge in [0.05, 0.1) is 5.52 Å². The molecule has 0 saturated carbocycles. The number of aliphatic imine (C=N–C) groups is 1. The van der Waals surface area contributed by atoms with Gasteiger partial charge in [-0.3, -0.25) is 0 Å². The monoisotopic (exact) mass is 467 g/mol. The number of nitrogens with two attached hydrogens (primary N) is 1. The molecule has 1 aliphatic heterocycles. The minimum atomic E-state index is -4.36. The van der Waals surface area contributed by atoms with Crippen LogP contribution in [0.3, 0.4) is 0 Å². The molecular formula is C13H15BrFN5O4S2. The van der Waals surface area contributed by atoms with Crippen molar-refractivity contribution in [2.24, 2.45) is 10.1 Å². The number of amidine groups is 1. The van der Waals surface area contributed by atoms with E-state index in [1.807, 2.05) is 0 Å². The third-order valence-electron chi connectivity index (χ3n) is 4.01. The van der Waals surface area contributed by atoms with Crippen molar-refractivity contribution in [2.45, 2.75) is 25.8 Å². The minimum absolute atomic E-state index is 0.0966. The Kier molecular flexibility index (Phi) is 4.23. The molecule has 1 aromatic heterocycles. The van der Waals surface area contributed by atoms with Crippen molar-refractivity contribution in [1.82, 2.24) is 13.8 Å². The Bertz CT molecular complexity index is 1170. The fourth-order valence-corrected chi connectivity index (χ4v) is 5.90. The fourth-order valence-electron chi connectivity index (χ4n) is 2.82. The molecule has 0 saturated heterocycles. The Morgan fingerprint density at radius 3 is 2.42 bits per heavy atom. The van der Waals surface area contributed by atoms with E-state index < -0.39 is 31.0 Å². The second kappa shape index (κ2) is 5.73. The summed E-state index contributed by atoms with van der Waals surface area (Å²) in [4.78, 5) is 1.89. The maximum Gasteiger partial charge on any atom is 0.313 e. The molecular weight excluding hydrogens is 453 g/mol. The Morgan fingerprint density at radius 2 is 1.88 bits per heavy atom. The van der Waals surface area contributed by atoms with Crippen LogP contribution >= 0.6 is 15.9 Å². The molecule has 3 N–H and O–H groups in total. The number of halogens is 2. The van der Waals surface area contributed by atoms with Crippen molar-refractivity contribution < 1.29 is 21.2 Å². The van der Waals surface area contributed by atoms with Crippen molar-refractivity contribution in [2.75, 3.05) is 0 Å². The van der Waals surface area contributed by atoms with Crippen molar-refractivity contribution in [1.29, 1.82) is 0 Å². The Morgan fingerprint density at radius 1 is 1.27 bits per heavy atom. The average molecular weight is 468 g/mol. The van der Waals surface area contributed by atoms with Crippen molar-refractivity contribution in [3.8, 4) is 0 Å². The van der Waals surface area contributed by atoms with Gasteiger partial charge in [-0.05, 0) is 54.9 Å². The predicted molar refractivity (Wildman–Crippen MR) is 98.2 cm³/mol. The summed E-state index contributed by atoms with van der Waals surface area (Å²) in [5.41, 5.74) is 2.69. The predicted octanol–water partition coefficient (Wildman–Crippen LogP) is 1.15. The minimum Gasteiger partial charge on any atom is -0.238 e. The van der Waals surface area contributed by atoms with Crippen molar-refractivity contribution >= 4 is 52.9 Å². The molecule has 1 aromatic carbocycles. The first-order valence-corrected chi connectivity index (χ1v) is 10.9. The second-order valence-electron chi connectivity index (χ2n) is 5.89. The lowest BCUT2D eigenvalue weighted by atomic mass is 10.2. The Hall–Kier alpha value is -1.54. The zero-order valence-corrected chi connectivity index (χ0v) is 17.1. The molecule has 3 rings (SSSR count). The van der Waals surface area contributed by atoms with Gasteiger partial charge in [-0.2, -0.15) is 18.3 Å². The van der Waals surface area contributed by atoms with Crippen LogP contribution in [-0.2, 0) is 20.2 Å². The maximum atomic E-state index is 13.7. The lowest BCUT2D eigenvalue weighted by Crippen LogP contribution is -2.55. The molecule has 9 nitrogen and oxygen atoms in total. The number of aromatic nitrogens is 1. The number of nitrogens with one attached hydrogen (secondary N) is 1. The molecule has 1 unspecified atom stereocenters. The molecule has 13 heteroatoms. The highest BCUT2D eigenvalue weighted by molar-refractivity contribution is 9.10. The normalized spacial score (nSPS) is 21.5. The van der Waals surface area contributed by atoms with E-state index in [0.29, 0.717) is 14.3 Å². The zero-order chi connectivity index (χ0) is 19.7. The fraction of sp³-hybridized carbons (Fsp3) is 0.308. The van der Waals surface area contributed by atoms with E-state index in [1.165, 1.54) is 32.9 Å². The van der Waals surface area contributed by atoms with E-state index in [1.54, 1.807) is 0 Å². The van der Waals surface area contributed by atoms with Crippen LogP contribution < -0.4 is 10.6 Å². The third-order valence-corrected chi connectivity index (χ3v) is 8.02. The number of hydrogen-bond donors (Lipinski definition) is 2. The first kappa shape index (κ1) is 19.2. The van der Waals surface area contributed by atoms with Crippen LogP contribution in [0, 0.1) is 12.7 Å². The maximum absolute atomic E-state index is 13.7. The highest BCUT2D eigenvalue weighted by atomic mass is 79.9. The van der Waals surface area contributed by atoms with Crippen LogP contribution in [0.15, 0.2) is 27.7 Å². The standard InChI is InChI=1S/C13H15BrFN5O4S2/c1-7-12(14)10-5-4-9(15)6-11(10)19(7)25(21,22)13(3)17-8(2)20(18-13)26(16,23)24/h4-6,18H,1-3H3,(H2,16,23,24). The zero-order valence-electron chi connectivity index (χ0n) is 13.9. The van der Waals surface area contributed by atoms with Crippen molar-refractivity contribution in [3.05, 3.63) is 34.2 Å². The Balaban J connectivity index is 2.27. The van der Waals surface area contributed by atoms with Gasteiger partial charge < -0.3 is 0 Å². The van der Waals surface area contributed by atoms with E-state index >= 15 is 0 Å². The van der Waals surface area contributed by atoms with Gasteiger partial charge in [-0.15, -0.1) is 0 Å². The number of rotatable bonds is 3. The number of fused-ring (bicyclic) bond motifs is 1. The number of benzene rings is 1. The lowest BCUT2D eigenvalue weighted by molar-refractivity contribution is 0.376. The largest absolute Gasteiger partial charge is 0.313 e. The van der Waals surface area contributed by atoms with Crippen LogP contribution in [0.1, 0.15) is 19.5 Å². The van der Waals surface area contributed by atoms with Gasteiger partial charge in [0.15, 0.2) is 0 Å². The molecule has 0 bridgehead atoms. The van der Waals surface area contributed by atoms with E-state index in [0.717, 1.165) is 10.0 Å². The number of nitrogens with zero attached hydrogens (tertiary/aromatic N) is 3. The third kappa shape index (κ3) is 2.65. The SMILES string of the molecule is CC1=NC(C)(S(=O)(=O)n2c(C)c(Br)c3ccc(F)cc32)NN1S(N)(=O)=O. The summed E-state index contributed by atoms with van der Waals surface area (Å²) >= 11 is 3.31. The molecule has 0 aliphatic carbocycles. The van der Waals surface area contributed by atoms with Gasteiger partial charge in [0.1, 0.15) is 11.7 Å². The summed E-state index contributed by atoms with van der Waals surface area (Å²) in [5, 5.41) is 5.56. The van der Waals surface area contributed by atoms with Gasteiger partial charge in [0.25, 0.3) is 10.0 Å². The average Bonchev–Trinajstić information content (AvgIpc) is 2.95. The van der Waals surface area contributed by atoms with E-state index in [2.05, 4.69) is 26.3 Å². The molecule has 1 aliphatic rings. The molecule has 1 atom stereocenters. The van der Waals surface area contributed by atoms with Crippen LogP contribution in [0.2, 0.25) is 0 Å². The first-order chi connectivity index (χ1) is 11.8. The molecule has 0 fully saturated rings. The van der Waals surface area contributed by atoms with E-state index in [4.69, 9.17) is 5.14 Å². The smallest absolute Gasteiger partial charge is 0.238 e. The van der Waals surface area contributed by atoms with Gasteiger partial charge >= 0.3 is 10.2 Å². The van der Waals surface area contributed by atoms with Gasteiger partial charge in [-0.25, -0.2) is 26.9 Å². The summed E-state index contributed by atoms with van der Waals surface area (Å²) in [6.45, 7) is 4.02. The Labute approximate surface area is 158 Å². The van der Waals surface area contributed by atoms with Gasteiger partial charge in [-0.1, -0.05) is 0 Å². The summed E-state index contributed by atoms with van der Waals surface area (Å²) in [6.07, 6.45) is 0. The van der Waals surface area contributed by atoms with E-state index in [-0.39, 0.29) is 17.0 Å². The molecule has 2 heterocycles. The van der Waals surface area contributed by atoms with Crippen LogP contribution in [0.5, 0.6) is 0 Å². The quantitative estimate of drug-likeness (QED) is 0.699. The summed E-state index contributed by atoms with van der Waals surface area (Å²) in [6, 6.07) is 3.74. The van der Waals surface area contributed by atoms with Crippen molar-refractivity contribution in [3.63, 3.8) is 0 Å². The first-order valence-electron chi connectivity index (χ1n) is 7.18. The van der Waals surface area contributed by atoms with Crippen LogP contribution in [-0.4, -0.2) is 36.1 Å². The van der Waals surface area contributed by atoms with Crippen LogP contribution in [0.4, 0.5) is 4.39 Å². The topological polar surface area (TPSA) is 127 Å². The highest BCUT2D eigenvalue weighted by Gasteiger charge is 2.49. The summed E-state index contributed by atoms with van der Waals surface area (Å²) in [5.74, 6) is -0.757. The molecule has 0 radical (unpaired) electrons. The lowest BCUT2D eigenvalue weighted by Gasteiger charge is -2.25. The number of hydrazine groups is 1. The van der Waals surface area contributed by atoms with Gasteiger partial charge in [0.2, 0.25) is 4.99 Å². The highest BCUT2D eigenvalue weighted by Crippen LogP contribution is 2.36.